The summed E-state index contributed by atoms with van der Waals surface area (Å²) in [6, 6.07) is 10.9. The Labute approximate surface area is 119 Å². The number of nitrogens with one attached hydrogen (secondary N) is 2. The molecule has 0 aliphatic carbocycles. The van der Waals surface area contributed by atoms with Crippen molar-refractivity contribution in [1.82, 2.24) is 15.3 Å². The van der Waals surface area contributed by atoms with Gasteiger partial charge in [-0.2, -0.15) is 0 Å². The lowest BCUT2D eigenvalue weighted by Gasteiger charge is -2.29. The lowest BCUT2D eigenvalue weighted by Crippen LogP contribution is -2.31. The maximum atomic E-state index is 4.33. The summed E-state index contributed by atoms with van der Waals surface area (Å²) in [4.78, 5) is 7.51. The Kier molecular flexibility index (Phi) is 5.05. The molecule has 1 heterocycles. The lowest BCUT2D eigenvalue weighted by molar-refractivity contribution is 0.472. The summed E-state index contributed by atoms with van der Waals surface area (Å²) in [5, 5.41) is 4.86. The van der Waals surface area contributed by atoms with Crippen LogP contribution in [0.5, 0.6) is 0 Å². The van der Waals surface area contributed by atoms with Crippen molar-refractivity contribution < 1.29 is 0 Å². The van der Waals surface area contributed by atoms with Crippen LogP contribution in [-0.2, 0) is 0 Å². The van der Waals surface area contributed by atoms with E-state index in [0.717, 1.165) is 5.16 Å². The van der Waals surface area contributed by atoms with Crippen molar-refractivity contribution >= 4 is 11.8 Å². The third kappa shape index (κ3) is 3.61. The van der Waals surface area contributed by atoms with Crippen LogP contribution in [0, 0.1) is 5.92 Å². The van der Waals surface area contributed by atoms with E-state index in [2.05, 4.69) is 59.5 Å². The number of nitrogens with zero attached hydrogens (tertiary/aromatic N) is 1. The van der Waals surface area contributed by atoms with E-state index in [1.165, 1.54) is 5.56 Å². The van der Waals surface area contributed by atoms with Gasteiger partial charge in [0.1, 0.15) is 0 Å². The summed E-state index contributed by atoms with van der Waals surface area (Å²) in [7, 11) is 2.02. The molecule has 2 aromatic rings. The first-order valence-electron chi connectivity index (χ1n) is 6.60. The molecule has 0 bridgehead atoms. The van der Waals surface area contributed by atoms with Crippen LogP contribution in [0.1, 0.15) is 25.5 Å². The summed E-state index contributed by atoms with van der Waals surface area (Å²) in [5.74, 6) is 0.549. The van der Waals surface area contributed by atoms with Gasteiger partial charge in [0, 0.05) is 23.7 Å². The zero-order chi connectivity index (χ0) is 13.7. The molecule has 2 N–H and O–H groups in total. The summed E-state index contributed by atoms with van der Waals surface area (Å²) >= 11 is 1.80. The van der Waals surface area contributed by atoms with Crippen molar-refractivity contribution in [2.75, 3.05) is 7.05 Å². The Hall–Kier alpha value is -1.26. The van der Waals surface area contributed by atoms with E-state index in [1.807, 2.05) is 13.2 Å². The van der Waals surface area contributed by atoms with Crippen molar-refractivity contribution in [2.24, 2.45) is 5.92 Å². The van der Waals surface area contributed by atoms with Crippen LogP contribution < -0.4 is 5.32 Å². The molecule has 0 aliphatic rings. The smallest absolute Gasteiger partial charge is 0.165 e. The van der Waals surface area contributed by atoms with Crippen LogP contribution in [0.3, 0.4) is 0 Å². The van der Waals surface area contributed by atoms with E-state index in [1.54, 1.807) is 18.0 Å². The predicted octanol–water partition coefficient (Wildman–Crippen LogP) is 3.49. The second-order valence-electron chi connectivity index (χ2n) is 4.90. The van der Waals surface area contributed by atoms with Crippen LogP contribution in [0.2, 0.25) is 0 Å². The molecule has 0 saturated carbocycles. The normalized spacial score (nSPS) is 14.5. The minimum Gasteiger partial charge on any atom is -0.340 e. The van der Waals surface area contributed by atoms with Gasteiger partial charge in [0.05, 0.1) is 0 Å². The van der Waals surface area contributed by atoms with Gasteiger partial charge in [-0.3, -0.25) is 0 Å². The Morgan fingerprint density at radius 1 is 1.21 bits per heavy atom. The molecule has 4 heteroatoms. The molecule has 102 valence electrons. The molecule has 2 atom stereocenters. The molecule has 1 aromatic heterocycles. The highest BCUT2D eigenvalue weighted by atomic mass is 32.2. The fourth-order valence-corrected chi connectivity index (χ4v) is 3.43. The molecule has 0 aliphatic heterocycles. The van der Waals surface area contributed by atoms with Crippen LogP contribution in [0.4, 0.5) is 0 Å². The van der Waals surface area contributed by atoms with Crippen LogP contribution in [0.25, 0.3) is 0 Å². The number of hydrogen-bond donors (Lipinski definition) is 2. The van der Waals surface area contributed by atoms with E-state index in [0.29, 0.717) is 17.2 Å². The molecule has 0 radical (unpaired) electrons. The number of benzene rings is 1. The first-order chi connectivity index (χ1) is 9.22. The molecule has 0 amide bonds. The number of aromatic amines is 1. The van der Waals surface area contributed by atoms with E-state index in [9.17, 15) is 0 Å². The number of aromatic nitrogens is 2. The van der Waals surface area contributed by atoms with E-state index < -0.39 is 0 Å². The van der Waals surface area contributed by atoms with E-state index in [4.69, 9.17) is 0 Å². The maximum Gasteiger partial charge on any atom is 0.165 e. The topological polar surface area (TPSA) is 40.7 Å². The highest BCUT2D eigenvalue weighted by molar-refractivity contribution is 7.99. The molecular weight excluding hydrogens is 254 g/mol. The maximum absolute atomic E-state index is 4.33. The largest absolute Gasteiger partial charge is 0.340 e. The van der Waals surface area contributed by atoms with Gasteiger partial charge in [0.15, 0.2) is 5.16 Å². The van der Waals surface area contributed by atoms with E-state index in [-0.39, 0.29) is 0 Å². The zero-order valence-electron chi connectivity index (χ0n) is 11.6. The monoisotopic (exact) mass is 275 g/mol. The number of hydrogen-bond acceptors (Lipinski definition) is 3. The molecule has 1 aromatic carbocycles. The van der Waals surface area contributed by atoms with Crippen LogP contribution in [-0.4, -0.2) is 22.3 Å². The molecule has 0 saturated heterocycles. The fourth-order valence-electron chi connectivity index (χ4n) is 2.21. The minimum absolute atomic E-state index is 0.316. The van der Waals surface area contributed by atoms with Crippen molar-refractivity contribution in [3.63, 3.8) is 0 Å². The van der Waals surface area contributed by atoms with Gasteiger partial charge in [-0.25, -0.2) is 4.98 Å². The molecule has 3 nitrogen and oxygen atoms in total. The van der Waals surface area contributed by atoms with Gasteiger partial charge in [0.2, 0.25) is 0 Å². The zero-order valence-corrected chi connectivity index (χ0v) is 12.4. The summed E-state index contributed by atoms with van der Waals surface area (Å²) in [5.41, 5.74) is 1.32. The van der Waals surface area contributed by atoms with Gasteiger partial charge < -0.3 is 10.3 Å². The average Bonchev–Trinajstić information content (AvgIpc) is 2.92. The third-order valence-electron chi connectivity index (χ3n) is 3.18. The standard InChI is InChI=1S/C15H21N3S/c1-11(2)14(19-15-17-9-10-18-15)13(16-3)12-7-5-4-6-8-12/h4-11,13-14,16H,1-3H3,(H,17,18). The Balaban J connectivity index is 2.21. The summed E-state index contributed by atoms with van der Waals surface area (Å²) in [6.07, 6.45) is 3.67. The molecule has 2 unspecified atom stereocenters. The lowest BCUT2D eigenvalue weighted by atomic mass is 9.96. The van der Waals surface area contributed by atoms with Crippen LogP contribution >= 0.6 is 11.8 Å². The van der Waals surface area contributed by atoms with Crippen molar-refractivity contribution in [1.29, 1.82) is 0 Å². The van der Waals surface area contributed by atoms with Crippen molar-refractivity contribution in [3.8, 4) is 0 Å². The van der Waals surface area contributed by atoms with Gasteiger partial charge in [-0.15, -0.1) is 0 Å². The van der Waals surface area contributed by atoms with Gasteiger partial charge in [-0.05, 0) is 18.5 Å². The SMILES string of the molecule is CNC(c1ccccc1)C(Sc1ncc[nH]1)C(C)C. The number of H-pyrrole nitrogens is 1. The van der Waals surface area contributed by atoms with Gasteiger partial charge in [-0.1, -0.05) is 55.9 Å². The minimum atomic E-state index is 0.316. The first-order valence-corrected chi connectivity index (χ1v) is 7.48. The molecule has 0 fully saturated rings. The molecular formula is C15H21N3S. The third-order valence-corrected chi connectivity index (χ3v) is 4.71. The number of imidazole rings is 1. The van der Waals surface area contributed by atoms with Crippen molar-refractivity contribution in [2.45, 2.75) is 30.3 Å². The highest BCUT2D eigenvalue weighted by Crippen LogP contribution is 2.35. The Bertz CT molecular complexity index is 467. The van der Waals surface area contributed by atoms with Gasteiger partial charge in [0.25, 0.3) is 0 Å². The Morgan fingerprint density at radius 3 is 2.47 bits per heavy atom. The number of rotatable bonds is 6. The summed E-state index contributed by atoms with van der Waals surface area (Å²) in [6.45, 7) is 4.52. The molecule has 2 rings (SSSR count). The fraction of sp³-hybridized carbons (Fsp3) is 0.400. The highest BCUT2D eigenvalue weighted by Gasteiger charge is 2.26. The average molecular weight is 275 g/mol. The van der Waals surface area contributed by atoms with Crippen LogP contribution in [0.15, 0.2) is 47.9 Å². The molecule has 0 spiro atoms. The second-order valence-corrected chi connectivity index (χ2v) is 6.06. The Morgan fingerprint density at radius 2 is 1.95 bits per heavy atom. The second kappa shape index (κ2) is 6.78. The number of thioether (sulfide) groups is 1. The summed E-state index contributed by atoms with van der Waals surface area (Å²) < 4.78 is 0. The predicted molar refractivity (Wildman–Crippen MR) is 81.3 cm³/mol. The van der Waals surface area contributed by atoms with E-state index >= 15 is 0 Å². The van der Waals surface area contributed by atoms with Gasteiger partial charge >= 0.3 is 0 Å². The quantitative estimate of drug-likeness (QED) is 0.793. The first kappa shape index (κ1) is 14.2. The van der Waals surface area contributed by atoms with Crippen molar-refractivity contribution in [3.05, 3.63) is 48.3 Å². The molecule has 19 heavy (non-hydrogen) atoms.